The lowest BCUT2D eigenvalue weighted by Gasteiger charge is -2.25. The first-order valence-corrected chi connectivity index (χ1v) is 9.16. The Bertz CT molecular complexity index is 849. The molecule has 1 heterocycles. The van der Waals surface area contributed by atoms with E-state index in [0.717, 1.165) is 5.56 Å². The van der Waals surface area contributed by atoms with Gasteiger partial charge in [0, 0.05) is 18.3 Å². The fraction of sp³-hybridized carbons (Fsp3) is 0.333. The van der Waals surface area contributed by atoms with Crippen LogP contribution in [-0.4, -0.2) is 50.6 Å². The van der Waals surface area contributed by atoms with E-state index in [9.17, 15) is 9.59 Å². The van der Waals surface area contributed by atoms with Gasteiger partial charge in [-0.3, -0.25) is 9.59 Å². The largest absolute Gasteiger partial charge is 0.486 e. The third-order valence-corrected chi connectivity index (χ3v) is 4.55. The van der Waals surface area contributed by atoms with Crippen LogP contribution in [0.5, 0.6) is 11.5 Å². The van der Waals surface area contributed by atoms with Crippen LogP contribution in [0.1, 0.15) is 17.2 Å². The molecule has 0 spiro atoms. The molecule has 148 valence electrons. The quantitative estimate of drug-likeness (QED) is 0.773. The van der Waals surface area contributed by atoms with E-state index in [1.165, 1.54) is 5.56 Å². The maximum Gasteiger partial charge on any atom is 0.313 e. The van der Waals surface area contributed by atoms with E-state index in [2.05, 4.69) is 10.6 Å². The number of ether oxygens (including phenoxy) is 2. The molecule has 7 nitrogen and oxygen atoms in total. The van der Waals surface area contributed by atoms with Gasteiger partial charge in [-0.25, -0.2) is 0 Å². The van der Waals surface area contributed by atoms with Crippen LogP contribution in [0.3, 0.4) is 0 Å². The van der Waals surface area contributed by atoms with Crippen molar-refractivity contribution in [3.63, 3.8) is 0 Å². The van der Waals surface area contributed by atoms with Gasteiger partial charge in [0.05, 0.1) is 6.04 Å². The smallest absolute Gasteiger partial charge is 0.313 e. The van der Waals surface area contributed by atoms with Crippen LogP contribution >= 0.6 is 0 Å². The molecular formula is C21H25N3O4. The zero-order valence-corrected chi connectivity index (χ0v) is 16.3. The maximum absolute atomic E-state index is 12.3. The molecule has 0 aliphatic carbocycles. The number of benzene rings is 2. The van der Waals surface area contributed by atoms with E-state index in [1.54, 1.807) is 18.2 Å². The molecule has 7 heteroatoms. The number of anilines is 1. The summed E-state index contributed by atoms with van der Waals surface area (Å²) < 4.78 is 10.9. The van der Waals surface area contributed by atoms with E-state index in [0.29, 0.717) is 36.9 Å². The molecule has 1 aliphatic heterocycles. The van der Waals surface area contributed by atoms with E-state index >= 15 is 0 Å². The molecule has 0 unspecified atom stereocenters. The summed E-state index contributed by atoms with van der Waals surface area (Å²) >= 11 is 0. The molecule has 2 amide bonds. The van der Waals surface area contributed by atoms with Crippen molar-refractivity contribution in [3.8, 4) is 11.5 Å². The number of nitrogens with zero attached hydrogens (tertiary/aromatic N) is 1. The summed E-state index contributed by atoms with van der Waals surface area (Å²) in [7, 11) is 3.87. The fourth-order valence-electron chi connectivity index (χ4n) is 2.97. The number of hydrogen-bond donors (Lipinski definition) is 2. The normalized spacial score (nSPS) is 13.7. The van der Waals surface area contributed by atoms with Crippen molar-refractivity contribution in [2.75, 3.05) is 39.2 Å². The average molecular weight is 383 g/mol. The van der Waals surface area contributed by atoms with E-state index in [-0.39, 0.29) is 6.04 Å². The number of carbonyl (C=O) groups is 2. The maximum atomic E-state index is 12.3. The summed E-state index contributed by atoms with van der Waals surface area (Å²) in [6.07, 6.45) is 0. The molecule has 0 bridgehead atoms. The van der Waals surface area contributed by atoms with Crippen molar-refractivity contribution in [1.29, 1.82) is 0 Å². The van der Waals surface area contributed by atoms with E-state index < -0.39 is 11.8 Å². The average Bonchev–Trinajstić information content (AvgIpc) is 2.69. The number of carbonyl (C=O) groups excluding carboxylic acids is 2. The lowest BCUT2D eigenvalue weighted by Crippen LogP contribution is -2.40. The number of rotatable bonds is 5. The third kappa shape index (κ3) is 4.80. The second-order valence-corrected chi connectivity index (χ2v) is 6.91. The van der Waals surface area contributed by atoms with Crippen LogP contribution in [0.15, 0.2) is 42.5 Å². The van der Waals surface area contributed by atoms with Gasteiger partial charge in [-0.05, 0) is 38.7 Å². The highest BCUT2D eigenvalue weighted by Gasteiger charge is 2.20. The molecule has 0 saturated heterocycles. The summed E-state index contributed by atoms with van der Waals surface area (Å²) in [5.74, 6) is -0.232. The van der Waals surface area contributed by atoms with Gasteiger partial charge in [0.2, 0.25) is 0 Å². The lowest BCUT2D eigenvalue weighted by atomic mass is 10.0. The summed E-state index contributed by atoms with van der Waals surface area (Å²) in [4.78, 5) is 26.5. The Kier molecular flexibility index (Phi) is 6.16. The standard InChI is InChI=1S/C21H25N3O4/c1-14-4-6-15(7-5-14)17(24(2)3)13-22-20(25)21(26)23-16-8-9-18-19(12-16)28-11-10-27-18/h4-9,12,17H,10-11,13H2,1-3H3,(H,22,25)(H,23,26)/t17-/m1/s1. The van der Waals surface area contributed by atoms with Gasteiger partial charge in [0.15, 0.2) is 11.5 Å². The Morgan fingerprint density at radius 1 is 1.00 bits per heavy atom. The minimum absolute atomic E-state index is 0.0355. The minimum Gasteiger partial charge on any atom is -0.486 e. The van der Waals surface area contributed by atoms with Gasteiger partial charge in [-0.1, -0.05) is 29.8 Å². The highest BCUT2D eigenvalue weighted by Crippen LogP contribution is 2.32. The summed E-state index contributed by atoms with van der Waals surface area (Å²) in [6, 6.07) is 13.1. The van der Waals surface area contributed by atoms with Gasteiger partial charge >= 0.3 is 11.8 Å². The molecule has 0 radical (unpaired) electrons. The Labute approximate surface area is 164 Å². The van der Waals surface area contributed by atoms with Crippen LogP contribution in [0.2, 0.25) is 0 Å². The number of hydrogen-bond acceptors (Lipinski definition) is 5. The van der Waals surface area contributed by atoms with E-state index in [4.69, 9.17) is 9.47 Å². The fourth-order valence-corrected chi connectivity index (χ4v) is 2.97. The Hall–Kier alpha value is -3.06. The van der Waals surface area contributed by atoms with Crippen molar-refractivity contribution in [2.24, 2.45) is 0 Å². The molecule has 0 aromatic heterocycles. The van der Waals surface area contributed by atoms with Crippen LogP contribution in [-0.2, 0) is 9.59 Å². The monoisotopic (exact) mass is 383 g/mol. The zero-order chi connectivity index (χ0) is 20.1. The van der Waals surface area contributed by atoms with Gasteiger partial charge < -0.3 is 25.0 Å². The Morgan fingerprint density at radius 3 is 2.36 bits per heavy atom. The SMILES string of the molecule is Cc1ccc([C@@H](CNC(=O)C(=O)Nc2ccc3c(c2)OCCO3)N(C)C)cc1. The second-order valence-electron chi connectivity index (χ2n) is 6.91. The van der Waals surface area contributed by atoms with Gasteiger partial charge in [-0.2, -0.15) is 0 Å². The first kappa shape index (κ1) is 19.7. The first-order valence-electron chi connectivity index (χ1n) is 9.16. The van der Waals surface area contributed by atoms with Crippen LogP contribution < -0.4 is 20.1 Å². The zero-order valence-electron chi connectivity index (χ0n) is 16.3. The molecule has 3 rings (SSSR count). The molecule has 28 heavy (non-hydrogen) atoms. The predicted molar refractivity (Wildman–Crippen MR) is 107 cm³/mol. The van der Waals surface area contributed by atoms with Crippen molar-refractivity contribution in [3.05, 3.63) is 53.6 Å². The van der Waals surface area contributed by atoms with E-state index in [1.807, 2.05) is 50.2 Å². The lowest BCUT2D eigenvalue weighted by molar-refractivity contribution is -0.136. The van der Waals surface area contributed by atoms with Crippen molar-refractivity contribution in [2.45, 2.75) is 13.0 Å². The van der Waals surface area contributed by atoms with Crippen molar-refractivity contribution < 1.29 is 19.1 Å². The highest BCUT2D eigenvalue weighted by atomic mass is 16.6. The van der Waals surface area contributed by atoms with Crippen molar-refractivity contribution >= 4 is 17.5 Å². The van der Waals surface area contributed by atoms with Crippen molar-refractivity contribution in [1.82, 2.24) is 10.2 Å². The number of fused-ring (bicyclic) bond motifs is 1. The number of likely N-dealkylation sites (N-methyl/N-ethyl adjacent to an activating group) is 1. The van der Waals surface area contributed by atoms with Gasteiger partial charge in [0.1, 0.15) is 13.2 Å². The number of amides is 2. The third-order valence-electron chi connectivity index (χ3n) is 4.55. The van der Waals surface area contributed by atoms with Crippen LogP contribution in [0.25, 0.3) is 0 Å². The van der Waals surface area contributed by atoms with Gasteiger partial charge in [-0.15, -0.1) is 0 Å². The second kappa shape index (κ2) is 8.75. The molecule has 1 atom stereocenters. The molecule has 0 fully saturated rings. The molecule has 2 N–H and O–H groups in total. The molecule has 2 aromatic carbocycles. The topological polar surface area (TPSA) is 79.9 Å². The summed E-state index contributed by atoms with van der Waals surface area (Å²) in [5, 5.41) is 5.30. The first-order chi connectivity index (χ1) is 13.4. The molecule has 1 aliphatic rings. The number of aryl methyl sites for hydroxylation is 1. The van der Waals surface area contributed by atoms with Gasteiger partial charge in [0.25, 0.3) is 0 Å². The Balaban J connectivity index is 1.58. The predicted octanol–water partition coefficient (Wildman–Crippen LogP) is 2.12. The molecule has 0 saturated carbocycles. The van der Waals surface area contributed by atoms with Crippen LogP contribution in [0, 0.1) is 6.92 Å². The highest BCUT2D eigenvalue weighted by molar-refractivity contribution is 6.39. The molecular weight excluding hydrogens is 358 g/mol. The molecule has 2 aromatic rings. The summed E-state index contributed by atoms with van der Waals surface area (Å²) in [5.41, 5.74) is 2.72. The van der Waals surface area contributed by atoms with Crippen LogP contribution in [0.4, 0.5) is 5.69 Å². The minimum atomic E-state index is -0.724. The number of nitrogens with one attached hydrogen (secondary N) is 2. The summed E-state index contributed by atoms with van der Waals surface area (Å²) in [6.45, 7) is 3.30. The Morgan fingerprint density at radius 2 is 1.68 bits per heavy atom.